The molecule has 106 valence electrons. The maximum atomic E-state index is 11.3. The zero-order valence-corrected chi connectivity index (χ0v) is 11.8. The highest BCUT2D eigenvalue weighted by atomic mass is 16.5. The van der Waals surface area contributed by atoms with E-state index >= 15 is 0 Å². The Morgan fingerprint density at radius 2 is 1.72 bits per heavy atom. The SMILES string of the molecule is CCC/C=C\COC(=O)CCCCCCCCN. The lowest BCUT2D eigenvalue weighted by Gasteiger charge is -2.02. The van der Waals surface area contributed by atoms with Crippen molar-refractivity contribution < 1.29 is 9.53 Å². The van der Waals surface area contributed by atoms with Gasteiger partial charge in [0.1, 0.15) is 6.61 Å². The Labute approximate surface area is 112 Å². The molecule has 3 heteroatoms. The highest BCUT2D eigenvalue weighted by Crippen LogP contribution is 2.07. The average molecular weight is 255 g/mol. The van der Waals surface area contributed by atoms with Crippen LogP contribution in [0.5, 0.6) is 0 Å². The average Bonchev–Trinajstić information content (AvgIpc) is 2.37. The summed E-state index contributed by atoms with van der Waals surface area (Å²) in [5.74, 6) is -0.0712. The highest BCUT2D eigenvalue weighted by molar-refractivity contribution is 5.69. The van der Waals surface area contributed by atoms with E-state index in [4.69, 9.17) is 10.5 Å². The molecule has 2 N–H and O–H groups in total. The first kappa shape index (κ1) is 17.2. The van der Waals surface area contributed by atoms with Crippen molar-refractivity contribution in [2.75, 3.05) is 13.2 Å². The molecule has 0 unspecified atom stereocenters. The number of allylic oxidation sites excluding steroid dienone is 1. The van der Waals surface area contributed by atoms with E-state index < -0.39 is 0 Å². The summed E-state index contributed by atoms with van der Waals surface area (Å²) in [5, 5.41) is 0. The molecule has 0 fully saturated rings. The molecular formula is C15H29NO2. The van der Waals surface area contributed by atoms with Crippen LogP contribution in [0.3, 0.4) is 0 Å². The molecule has 3 nitrogen and oxygen atoms in total. The lowest BCUT2D eigenvalue weighted by Crippen LogP contribution is -2.04. The van der Waals surface area contributed by atoms with Crippen molar-refractivity contribution in [3.63, 3.8) is 0 Å². The van der Waals surface area contributed by atoms with Gasteiger partial charge in [-0.25, -0.2) is 0 Å². The van der Waals surface area contributed by atoms with E-state index in [2.05, 4.69) is 13.0 Å². The van der Waals surface area contributed by atoms with Crippen LogP contribution in [0.15, 0.2) is 12.2 Å². The summed E-state index contributed by atoms with van der Waals surface area (Å²) in [6, 6.07) is 0. The Bertz CT molecular complexity index is 215. The van der Waals surface area contributed by atoms with Crippen molar-refractivity contribution in [3.8, 4) is 0 Å². The van der Waals surface area contributed by atoms with E-state index in [0.717, 1.165) is 38.6 Å². The fourth-order valence-corrected chi connectivity index (χ4v) is 1.69. The van der Waals surface area contributed by atoms with E-state index in [-0.39, 0.29) is 5.97 Å². The van der Waals surface area contributed by atoms with Crippen molar-refractivity contribution in [1.29, 1.82) is 0 Å². The van der Waals surface area contributed by atoms with Crippen molar-refractivity contribution in [2.45, 2.75) is 64.7 Å². The van der Waals surface area contributed by atoms with Gasteiger partial charge in [-0.2, -0.15) is 0 Å². The molecule has 0 saturated heterocycles. The van der Waals surface area contributed by atoms with Crippen molar-refractivity contribution in [3.05, 3.63) is 12.2 Å². The van der Waals surface area contributed by atoms with E-state index in [1.165, 1.54) is 19.3 Å². The topological polar surface area (TPSA) is 52.3 Å². The number of rotatable bonds is 12. The van der Waals surface area contributed by atoms with Crippen LogP contribution >= 0.6 is 0 Å². The van der Waals surface area contributed by atoms with Gasteiger partial charge in [0.2, 0.25) is 0 Å². The second-order valence-electron chi connectivity index (χ2n) is 4.60. The predicted octanol–water partition coefficient (Wildman–Crippen LogP) is 3.58. The molecule has 0 bridgehead atoms. The monoisotopic (exact) mass is 255 g/mol. The summed E-state index contributed by atoms with van der Waals surface area (Å²) in [6.07, 6.45) is 13.5. The van der Waals surface area contributed by atoms with Crippen molar-refractivity contribution in [2.24, 2.45) is 5.73 Å². The number of nitrogens with two attached hydrogens (primary N) is 1. The van der Waals surface area contributed by atoms with E-state index in [0.29, 0.717) is 13.0 Å². The lowest BCUT2D eigenvalue weighted by molar-refractivity contribution is -0.142. The van der Waals surface area contributed by atoms with Gasteiger partial charge in [0.25, 0.3) is 0 Å². The number of esters is 1. The number of hydrogen-bond acceptors (Lipinski definition) is 3. The van der Waals surface area contributed by atoms with Gasteiger partial charge in [-0.3, -0.25) is 4.79 Å². The maximum Gasteiger partial charge on any atom is 0.306 e. The van der Waals surface area contributed by atoms with Gasteiger partial charge in [-0.1, -0.05) is 51.2 Å². The second-order valence-corrected chi connectivity index (χ2v) is 4.60. The minimum atomic E-state index is -0.0712. The summed E-state index contributed by atoms with van der Waals surface area (Å²) >= 11 is 0. The van der Waals surface area contributed by atoms with Gasteiger partial charge in [0, 0.05) is 6.42 Å². The Hall–Kier alpha value is -0.830. The third-order valence-corrected chi connectivity index (χ3v) is 2.80. The fourth-order valence-electron chi connectivity index (χ4n) is 1.69. The van der Waals surface area contributed by atoms with Gasteiger partial charge in [-0.05, 0) is 25.8 Å². The molecule has 0 aromatic rings. The summed E-state index contributed by atoms with van der Waals surface area (Å²) in [7, 11) is 0. The molecule has 0 aliphatic carbocycles. The molecule has 18 heavy (non-hydrogen) atoms. The normalized spacial score (nSPS) is 11.0. The summed E-state index contributed by atoms with van der Waals surface area (Å²) in [5.41, 5.74) is 5.42. The second kappa shape index (κ2) is 14.2. The van der Waals surface area contributed by atoms with Crippen molar-refractivity contribution >= 4 is 5.97 Å². The Balaban J connectivity index is 3.21. The van der Waals surface area contributed by atoms with Crippen LogP contribution in [0.2, 0.25) is 0 Å². The summed E-state index contributed by atoms with van der Waals surface area (Å²) < 4.78 is 5.09. The molecule has 0 atom stereocenters. The molecule has 0 heterocycles. The van der Waals surface area contributed by atoms with Crippen LogP contribution < -0.4 is 5.73 Å². The Kier molecular flexibility index (Phi) is 13.6. The first-order valence-electron chi connectivity index (χ1n) is 7.32. The van der Waals surface area contributed by atoms with Crippen LogP contribution in [0.25, 0.3) is 0 Å². The van der Waals surface area contributed by atoms with Gasteiger partial charge < -0.3 is 10.5 Å². The number of ether oxygens (including phenoxy) is 1. The number of carbonyl (C=O) groups is 1. The molecule has 0 saturated carbocycles. The molecule has 0 aliphatic heterocycles. The molecule has 0 radical (unpaired) electrons. The number of hydrogen-bond donors (Lipinski definition) is 1. The molecular weight excluding hydrogens is 226 g/mol. The minimum absolute atomic E-state index is 0.0712. The first-order valence-corrected chi connectivity index (χ1v) is 7.32. The molecule has 0 aliphatic rings. The minimum Gasteiger partial charge on any atom is -0.461 e. The smallest absolute Gasteiger partial charge is 0.306 e. The van der Waals surface area contributed by atoms with Gasteiger partial charge in [0.05, 0.1) is 0 Å². The highest BCUT2D eigenvalue weighted by Gasteiger charge is 2.00. The standard InChI is InChI=1S/C15H29NO2/c1-2-3-4-11-14-18-15(17)12-9-7-5-6-8-10-13-16/h4,11H,2-3,5-10,12-14,16H2,1H3/b11-4-. The number of unbranched alkanes of at least 4 members (excludes halogenated alkanes) is 6. The largest absolute Gasteiger partial charge is 0.461 e. The van der Waals surface area contributed by atoms with Gasteiger partial charge in [-0.15, -0.1) is 0 Å². The fraction of sp³-hybridized carbons (Fsp3) is 0.800. The summed E-state index contributed by atoms with van der Waals surface area (Å²) in [4.78, 5) is 11.3. The third kappa shape index (κ3) is 13.2. The van der Waals surface area contributed by atoms with Gasteiger partial charge >= 0.3 is 5.97 Å². The lowest BCUT2D eigenvalue weighted by atomic mass is 10.1. The van der Waals surface area contributed by atoms with E-state index in [1.54, 1.807) is 0 Å². The molecule has 0 rings (SSSR count). The third-order valence-electron chi connectivity index (χ3n) is 2.80. The molecule has 0 spiro atoms. The van der Waals surface area contributed by atoms with E-state index in [1.807, 2.05) is 6.08 Å². The van der Waals surface area contributed by atoms with Crippen molar-refractivity contribution in [1.82, 2.24) is 0 Å². The van der Waals surface area contributed by atoms with Crippen LogP contribution in [-0.4, -0.2) is 19.1 Å². The van der Waals surface area contributed by atoms with Crippen LogP contribution in [0, 0.1) is 0 Å². The zero-order valence-electron chi connectivity index (χ0n) is 11.8. The number of carbonyl (C=O) groups excluding carboxylic acids is 1. The van der Waals surface area contributed by atoms with Crippen LogP contribution in [-0.2, 0) is 9.53 Å². The first-order chi connectivity index (χ1) is 8.81. The van der Waals surface area contributed by atoms with Gasteiger partial charge in [0.15, 0.2) is 0 Å². The summed E-state index contributed by atoms with van der Waals surface area (Å²) in [6.45, 7) is 3.34. The zero-order chi connectivity index (χ0) is 13.5. The predicted molar refractivity (Wildman–Crippen MR) is 76.4 cm³/mol. The van der Waals surface area contributed by atoms with Crippen LogP contribution in [0.4, 0.5) is 0 Å². The quantitative estimate of drug-likeness (QED) is 0.329. The molecule has 0 aromatic heterocycles. The van der Waals surface area contributed by atoms with E-state index in [9.17, 15) is 4.79 Å². The maximum absolute atomic E-state index is 11.3. The Morgan fingerprint density at radius 1 is 1.06 bits per heavy atom. The Morgan fingerprint density at radius 3 is 2.39 bits per heavy atom. The molecule has 0 aromatic carbocycles. The van der Waals surface area contributed by atoms with Crippen LogP contribution in [0.1, 0.15) is 64.7 Å². The molecule has 0 amide bonds.